The summed E-state index contributed by atoms with van der Waals surface area (Å²) in [6.45, 7) is 0.858. The molecule has 1 rings (SSSR count). The molecule has 1 aliphatic carbocycles. The van der Waals surface area contributed by atoms with Crippen molar-refractivity contribution in [3.63, 3.8) is 0 Å². The van der Waals surface area contributed by atoms with Crippen LogP contribution < -0.4 is 5.32 Å². The van der Waals surface area contributed by atoms with Gasteiger partial charge in [-0.25, -0.2) is 0 Å². The van der Waals surface area contributed by atoms with Gasteiger partial charge in [-0.05, 0) is 19.9 Å². The molecular weight excluding hydrogens is 102 g/mol. The lowest BCUT2D eigenvalue weighted by Gasteiger charge is -2.01. The smallest absolute Gasteiger partial charge is 0.127 e. The van der Waals surface area contributed by atoms with Crippen LogP contribution in [0.1, 0.15) is 12.8 Å². The van der Waals surface area contributed by atoms with Crippen molar-refractivity contribution in [2.75, 3.05) is 13.6 Å². The maximum Gasteiger partial charge on any atom is 0.127 e. The van der Waals surface area contributed by atoms with Gasteiger partial charge in [0.15, 0.2) is 0 Å². The first kappa shape index (κ1) is 5.76. The number of nitrogens with one attached hydrogen (secondary N) is 1. The topological polar surface area (TPSA) is 29.1 Å². The molecule has 0 radical (unpaired) electrons. The molecule has 2 heteroatoms. The van der Waals surface area contributed by atoms with Crippen molar-refractivity contribution in [3.05, 3.63) is 0 Å². The van der Waals surface area contributed by atoms with E-state index in [4.69, 9.17) is 0 Å². The first-order valence-electron chi connectivity index (χ1n) is 2.94. The number of rotatable bonds is 3. The molecule has 0 atom stereocenters. The Morgan fingerprint density at radius 1 is 1.75 bits per heavy atom. The molecule has 0 aliphatic heterocycles. The van der Waals surface area contributed by atoms with Crippen molar-refractivity contribution in [2.24, 2.45) is 5.41 Å². The lowest BCUT2D eigenvalue weighted by Crippen LogP contribution is -2.20. The molecule has 0 bridgehead atoms. The van der Waals surface area contributed by atoms with E-state index in [0.29, 0.717) is 0 Å². The minimum absolute atomic E-state index is 0.0503. The van der Waals surface area contributed by atoms with Gasteiger partial charge >= 0.3 is 0 Å². The standard InChI is InChI=1S/C6H11NO/c1-7-4-6(5-8)2-3-6/h5,7H,2-4H2,1H3. The first-order valence-corrected chi connectivity index (χ1v) is 2.94. The van der Waals surface area contributed by atoms with E-state index in [0.717, 1.165) is 25.7 Å². The van der Waals surface area contributed by atoms with Gasteiger partial charge in [-0.1, -0.05) is 0 Å². The molecule has 0 spiro atoms. The monoisotopic (exact) mass is 113 g/mol. The molecule has 0 saturated heterocycles. The van der Waals surface area contributed by atoms with Crippen LogP contribution in [0.15, 0.2) is 0 Å². The highest BCUT2D eigenvalue weighted by Gasteiger charge is 2.41. The highest BCUT2D eigenvalue weighted by Crippen LogP contribution is 2.42. The average molecular weight is 113 g/mol. The lowest BCUT2D eigenvalue weighted by atomic mass is 10.1. The van der Waals surface area contributed by atoms with Crippen molar-refractivity contribution in [1.29, 1.82) is 0 Å². The van der Waals surface area contributed by atoms with Gasteiger partial charge in [-0.15, -0.1) is 0 Å². The second-order valence-corrected chi connectivity index (χ2v) is 2.51. The van der Waals surface area contributed by atoms with Crippen LogP contribution in [0.4, 0.5) is 0 Å². The third kappa shape index (κ3) is 0.892. The zero-order valence-corrected chi connectivity index (χ0v) is 5.11. The molecular formula is C6H11NO. The third-order valence-corrected chi connectivity index (χ3v) is 1.67. The molecule has 0 aromatic heterocycles. The van der Waals surface area contributed by atoms with Gasteiger partial charge in [-0.2, -0.15) is 0 Å². The van der Waals surface area contributed by atoms with Crippen molar-refractivity contribution < 1.29 is 4.79 Å². The molecule has 1 aliphatic rings. The Labute approximate surface area is 49.3 Å². The maximum atomic E-state index is 10.2. The number of hydrogen-bond donors (Lipinski definition) is 1. The number of carbonyl (C=O) groups is 1. The molecule has 1 N–H and O–H groups in total. The SMILES string of the molecule is CNCC1(C=O)CC1. The largest absolute Gasteiger partial charge is 0.319 e. The molecule has 0 unspecified atom stereocenters. The van der Waals surface area contributed by atoms with E-state index in [1.54, 1.807) is 0 Å². The highest BCUT2D eigenvalue weighted by atomic mass is 16.1. The fourth-order valence-electron chi connectivity index (χ4n) is 0.849. The summed E-state index contributed by atoms with van der Waals surface area (Å²) in [5.41, 5.74) is 0.0503. The summed E-state index contributed by atoms with van der Waals surface area (Å²) in [5.74, 6) is 0. The predicted molar refractivity (Wildman–Crippen MR) is 31.7 cm³/mol. The Balaban J connectivity index is 2.30. The first-order chi connectivity index (χ1) is 3.83. The molecule has 1 saturated carbocycles. The third-order valence-electron chi connectivity index (χ3n) is 1.67. The van der Waals surface area contributed by atoms with Crippen LogP contribution in [0, 0.1) is 5.41 Å². The molecule has 2 nitrogen and oxygen atoms in total. The van der Waals surface area contributed by atoms with Crippen molar-refractivity contribution in [3.8, 4) is 0 Å². The van der Waals surface area contributed by atoms with E-state index in [-0.39, 0.29) is 5.41 Å². The molecule has 1 fully saturated rings. The van der Waals surface area contributed by atoms with Crippen molar-refractivity contribution in [1.82, 2.24) is 5.32 Å². The molecule has 0 amide bonds. The van der Waals surface area contributed by atoms with E-state index in [2.05, 4.69) is 5.32 Å². The van der Waals surface area contributed by atoms with E-state index >= 15 is 0 Å². The van der Waals surface area contributed by atoms with Crippen molar-refractivity contribution in [2.45, 2.75) is 12.8 Å². The summed E-state index contributed by atoms with van der Waals surface area (Å²) in [6.07, 6.45) is 3.23. The van der Waals surface area contributed by atoms with Gasteiger partial charge in [0.05, 0.1) is 0 Å². The second-order valence-electron chi connectivity index (χ2n) is 2.51. The molecule has 0 heterocycles. The minimum atomic E-state index is 0.0503. The normalized spacial score (nSPS) is 22.6. The van der Waals surface area contributed by atoms with Gasteiger partial charge < -0.3 is 10.1 Å². The van der Waals surface area contributed by atoms with Crippen LogP contribution in [0.5, 0.6) is 0 Å². The zero-order valence-electron chi connectivity index (χ0n) is 5.11. The van der Waals surface area contributed by atoms with Gasteiger partial charge in [0, 0.05) is 12.0 Å². The number of carbonyl (C=O) groups excluding carboxylic acids is 1. The second kappa shape index (κ2) is 1.86. The number of hydrogen-bond acceptors (Lipinski definition) is 2. The van der Waals surface area contributed by atoms with E-state index < -0.39 is 0 Å². The summed E-state index contributed by atoms with van der Waals surface area (Å²) < 4.78 is 0. The lowest BCUT2D eigenvalue weighted by molar-refractivity contribution is -0.112. The van der Waals surface area contributed by atoms with E-state index in [9.17, 15) is 4.79 Å². The van der Waals surface area contributed by atoms with Crippen LogP contribution in [0.2, 0.25) is 0 Å². The fraction of sp³-hybridized carbons (Fsp3) is 0.833. The number of aldehydes is 1. The Morgan fingerprint density at radius 3 is 2.50 bits per heavy atom. The van der Waals surface area contributed by atoms with E-state index in [1.165, 1.54) is 0 Å². The van der Waals surface area contributed by atoms with Crippen LogP contribution in [0.25, 0.3) is 0 Å². The zero-order chi connectivity index (χ0) is 6.04. The van der Waals surface area contributed by atoms with Gasteiger partial charge in [0.2, 0.25) is 0 Å². The maximum absolute atomic E-state index is 10.2. The molecule has 0 aromatic carbocycles. The average Bonchev–Trinajstić information content (AvgIpc) is 2.50. The quantitative estimate of drug-likeness (QED) is 0.529. The van der Waals surface area contributed by atoms with Gasteiger partial charge in [-0.3, -0.25) is 0 Å². The van der Waals surface area contributed by atoms with Crippen LogP contribution in [-0.2, 0) is 4.79 Å². The van der Waals surface area contributed by atoms with Crippen LogP contribution >= 0.6 is 0 Å². The highest BCUT2D eigenvalue weighted by molar-refractivity contribution is 5.63. The van der Waals surface area contributed by atoms with E-state index in [1.807, 2.05) is 7.05 Å². The Bertz CT molecular complexity index is 96.7. The Kier molecular flexibility index (Phi) is 1.34. The fourth-order valence-corrected chi connectivity index (χ4v) is 0.849. The Morgan fingerprint density at radius 2 is 2.38 bits per heavy atom. The summed E-state index contributed by atoms with van der Waals surface area (Å²) in [6, 6.07) is 0. The summed E-state index contributed by atoms with van der Waals surface area (Å²) in [4.78, 5) is 10.2. The molecule has 46 valence electrons. The molecule has 0 aromatic rings. The summed E-state index contributed by atoms with van der Waals surface area (Å²) in [5, 5.41) is 2.99. The Hall–Kier alpha value is -0.370. The summed E-state index contributed by atoms with van der Waals surface area (Å²) in [7, 11) is 1.88. The van der Waals surface area contributed by atoms with Crippen LogP contribution in [-0.4, -0.2) is 19.9 Å². The summed E-state index contributed by atoms with van der Waals surface area (Å²) >= 11 is 0. The predicted octanol–water partition coefficient (Wildman–Crippen LogP) is 0.185. The van der Waals surface area contributed by atoms with Gasteiger partial charge in [0.1, 0.15) is 6.29 Å². The minimum Gasteiger partial charge on any atom is -0.319 e. The van der Waals surface area contributed by atoms with Gasteiger partial charge in [0.25, 0.3) is 0 Å². The van der Waals surface area contributed by atoms with Crippen molar-refractivity contribution >= 4 is 6.29 Å². The van der Waals surface area contributed by atoms with Crippen LogP contribution in [0.3, 0.4) is 0 Å². The molecule has 8 heavy (non-hydrogen) atoms.